The van der Waals surface area contributed by atoms with E-state index in [0.717, 1.165) is 24.1 Å². The fourth-order valence-electron chi connectivity index (χ4n) is 3.03. The quantitative estimate of drug-likeness (QED) is 0.250. The fourth-order valence-corrected chi connectivity index (χ4v) is 3.03. The standard InChI is InChI=1S/C23H19N5O6/c1-2-16-6-9-18(10-7-16)21(12-8-17-4-3-5-19(14-17)26(29)30)24-25-22-13-11-20(27(31)32)15-23(22)28(33)34/h3-15,25H,2H2,1H3/b12-8+,24-21-. The topological polar surface area (TPSA) is 154 Å². The number of benzene rings is 3. The third kappa shape index (κ3) is 5.85. The molecule has 11 nitrogen and oxygen atoms in total. The van der Waals surface area contributed by atoms with Crippen molar-refractivity contribution in [3.63, 3.8) is 0 Å². The number of aryl methyl sites for hydroxylation is 1. The van der Waals surface area contributed by atoms with Crippen molar-refractivity contribution in [1.29, 1.82) is 0 Å². The number of nitro benzene ring substituents is 3. The van der Waals surface area contributed by atoms with Crippen LogP contribution in [0.3, 0.4) is 0 Å². The summed E-state index contributed by atoms with van der Waals surface area (Å²) in [4.78, 5) is 31.4. The highest BCUT2D eigenvalue weighted by atomic mass is 16.6. The van der Waals surface area contributed by atoms with Crippen molar-refractivity contribution in [1.82, 2.24) is 0 Å². The van der Waals surface area contributed by atoms with E-state index in [1.807, 2.05) is 31.2 Å². The Labute approximate surface area is 193 Å². The molecule has 0 heterocycles. The van der Waals surface area contributed by atoms with Gasteiger partial charge in [-0.05, 0) is 29.7 Å². The molecular formula is C23H19N5O6. The Hall–Kier alpha value is -4.93. The lowest BCUT2D eigenvalue weighted by atomic mass is 10.0. The zero-order valence-corrected chi connectivity index (χ0v) is 18.0. The molecule has 11 heteroatoms. The third-order valence-corrected chi connectivity index (χ3v) is 4.86. The summed E-state index contributed by atoms with van der Waals surface area (Å²) in [5.41, 5.74) is 4.36. The van der Waals surface area contributed by atoms with Crippen LogP contribution >= 0.6 is 0 Å². The maximum absolute atomic E-state index is 11.4. The van der Waals surface area contributed by atoms with Gasteiger partial charge in [0.25, 0.3) is 11.4 Å². The van der Waals surface area contributed by atoms with Gasteiger partial charge in [0.1, 0.15) is 5.69 Å². The summed E-state index contributed by atoms with van der Waals surface area (Å²) in [5.74, 6) is 0. The number of hydrogen-bond acceptors (Lipinski definition) is 8. The first-order valence-electron chi connectivity index (χ1n) is 10.1. The van der Waals surface area contributed by atoms with Crippen molar-refractivity contribution < 1.29 is 14.8 Å². The first kappa shape index (κ1) is 23.7. The number of nitrogens with one attached hydrogen (secondary N) is 1. The lowest BCUT2D eigenvalue weighted by Crippen LogP contribution is -2.04. The van der Waals surface area contributed by atoms with Crippen LogP contribution in [0.4, 0.5) is 22.7 Å². The second-order valence-electron chi connectivity index (χ2n) is 7.06. The van der Waals surface area contributed by atoms with Crippen molar-refractivity contribution in [2.75, 3.05) is 5.43 Å². The van der Waals surface area contributed by atoms with Crippen molar-refractivity contribution in [2.45, 2.75) is 13.3 Å². The van der Waals surface area contributed by atoms with E-state index in [1.165, 1.54) is 18.2 Å². The second kappa shape index (κ2) is 10.6. The van der Waals surface area contributed by atoms with Crippen LogP contribution < -0.4 is 5.43 Å². The number of non-ortho nitro benzene ring substituents is 2. The minimum Gasteiger partial charge on any atom is -0.271 e. The maximum Gasteiger partial charge on any atom is 0.301 e. The molecule has 0 unspecified atom stereocenters. The zero-order valence-electron chi connectivity index (χ0n) is 18.0. The van der Waals surface area contributed by atoms with Crippen molar-refractivity contribution >= 4 is 34.5 Å². The molecule has 0 saturated heterocycles. The van der Waals surface area contributed by atoms with E-state index in [0.29, 0.717) is 16.8 Å². The van der Waals surface area contributed by atoms with E-state index in [9.17, 15) is 30.3 Å². The SMILES string of the molecule is CCc1ccc(C(/C=C/c2cccc([N+](=O)[O-])c2)=N\Nc2ccc([N+](=O)[O-])cc2[N+](=O)[O-])cc1. The Morgan fingerprint density at radius 2 is 1.56 bits per heavy atom. The summed E-state index contributed by atoms with van der Waals surface area (Å²) >= 11 is 0. The van der Waals surface area contributed by atoms with Crippen LogP contribution in [0, 0.1) is 30.3 Å². The molecule has 3 rings (SSSR count). The van der Waals surface area contributed by atoms with E-state index >= 15 is 0 Å². The molecule has 0 fully saturated rings. The summed E-state index contributed by atoms with van der Waals surface area (Å²) < 4.78 is 0. The average Bonchev–Trinajstić information content (AvgIpc) is 2.84. The number of nitro groups is 3. The van der Waals surface area contributed by atoms with Gasteiger partial charge in [-0.25, -0.2) is 0 Å². The molecule has 0 spiro atoms. The van der Waals surface area contributed by atoms with Gasteiger partial charge >= 0.3 is 5.69 Å². The smallest absolute Gasteiger partial charge is 0.271 e. The first-order valence-corrected chi connectivity index (χ1v) is 10.1. The third-order valence-electron chi connectivity index (χ3n) is 4.86. The molecule has 34 heavy (non-hydrogen) atoms. The van der Waals surface area contributed by atoms with E-state index in [2.05, 4.69) is 10.5 Å². The Kier molecular flexibility index (Phi) is 7.39. The van der Waals surface area contributed by atoms with Gasteiger partial charge in [0.2, 0.25) is 0 Å². The van der Waals surface area contributed by atoms with Crippen LogP contribution in [0.25, 0.3) is 6.08 Å². The van der Waals surface area contributed by atoms with Crippen LogP contribution in [-0.4, -0.2) is 20.5 Å². The molecule has 0 bridgehead atoms. The number of rotatable bonds is 9. The van der Waals surface area contributed by atoms with Crippen molar-refractivity contribution in [2.24, 2.45) is 5.10 Å². The molecule has 0 saturated carbocycles. The average molecular weight is 461 g/mol. The predicted octanol–water partition coefficient (Wildman–Crippen LogP) is 5.50. The normalized spacial score (nSPS) is 11.4. The van der Waals surface area contributed by atoms with E-state index in [4.69, 9.17) is 0 Å². The monoisotopic (exact) mass is 461 g/mol. The molecule has 0 aliphatic heterocycles. The van der Waals surface area contributed by atoms with Gasteiger partial charge in [-0.15, -0.1) is 0 Å². The maximum atomic E-state index is 11.4. The molecule has 0 aliphatic rings. The lowest BCUT2D eigenvalue weighted by molar-refractivity contribution is -0.393. The summed E-state index contributed by atoms with van der Waals surface area (Å²) in [6.45, 7) is 2.02. The number of allylic oxidation sites excluding steroid dienone is 1. The molecule has 0 aromatic heterocycles. The highest BCUT2D eigenvalue weighted by Crippen LogP contribution is 2.29. The first-order chi connectivity index (χ1) is 16.3. The summed E-state index contributed by atoms with van der Waals surface area (Å²) in [7, 11) is 0. The van der Waals surface area contributed by atoms with Gasteiger partial charge in [-0.2, -0.15) is 5.10 Å². The van der Waals surface area contributed by atoms with Crippen LogP contribution in [0.1, 0.15) is 23.6 Å². The van der Waals surface area contributed by atoms with Gasteiger partial charge in [0, 0.05) is 23.8 Å². The number of hydrogen-bond donors (Lipinski definition) is 1. The van der Waals surface area contributed by atoms with Crippen LogP contribution in [0.15, 0.2) is 77.9 Å². The highest BCUT2D eigenvalue weighted by molar-refractivity contribution is 6.11. The molecule has 172 valence electrons. The summed E-state index contributed by atoms with van der Waals surface area (Å²) in [5, 5.41) is 37.7. The number of anilines is 1. The molecule has 0 amide bonds. The Morgan fingerprint density at radius 3 is 2.18 bits per heavy atom. The molecule has 0 atom stereocenters. The second-order valence-corrected chi connectivity index (χ2v) is 7.06. The minimum absolute atomic E-state index is 0.0259. The molecule has 1 N–H and O–H groups in total. The van der Waals surface area contributed by atoms with Crippen LogP contribution in [0.2, 0.25) is 0 Å². The zero-order chi connectivity index (χ0) is 24.7. The largest absolute Gasteiger partial charge is 0.301 e. The van der Waals surface area contributed by atoms with Gasteiger partial charge < -0.3 is 0 Å². The number of nitrogens with zero attached hydrogens (tertiary/aromatic N) is 4. The van der Waals surface area contributed by atoms with Gasteiger partial charge in [-0.1, -0.05) is 49.4 Å². The molecular weight excluding hydrogens is 442 g/mol. The van der Waals surface area contributed by atoms with Gasteiger partial charge in [-0.3, -0.25) is 35.8 Å². The molecule has 0 radical (unpaired) electrons. The fraction of sp³-hybridized carbons (Fsp3) is 0.0870. The highest BCUT2D eigenvalue weighted by Gasteiger charge is 2.19. The lowest BCUT2D eigenvalue weighted by Gasteiger charge is -2.07. The minimum atomic E-state index is -0.737. The Morgan fingerprint density at radius 1 is 0.882 bits per heavy atom. The van der Waals surface area contributed by atoms with Crippen molar-refractivity contribution in [3.8, 4) is 0 Å². The molecule has 3 aromatic rings. The Balaban J connectivity index is 2.00. The van der Waals surface area contributed by atoms with Crippen molar-refractivity contribution in [3.05, 3.63) is 120 Å². The van der Waals surface area contributed by atoms with E-state index < -0.39 is 26.1 Å². The van der Waals surface area contributed by atoms with Gasteiger partial charge in [0.15, 0.2) is 0 Å². The molecule has 0 aliphatic carbocycles. The van der Waals surface area contributed by atoms with Gasteiger partial charge in [0.05, 0.1) is 26.5 Å². The van der Waals surface area contributed by atoms with Crippen LogP contribution in [0.5, 0.6) is 0 Å². The predicted molar refractivity (Wildman–Crippen MR) is 128 cm³/mol. The molecule has 3 aromatic carbocycles. The number of hydrazone groups is 1. The summed E-state index contributed by atoms with van der Waals surface area (Å²) in [6.07, 6.45) is 4.08. The van der Waals surface area contributed by atoms with Crippen LogP contribution in [-0.2, 0) is 6.42 Å². The van der Waals surface area contributed by atoms with E-state index in [1.54, 1.807) is 24.3 Å². The van der Waals surface area contributed by atoms with E-state index in [-0.39, 0.29) is 11.4 Å². The summed E-state index contributed by atoms with van der Waals surface area (Å²) in [6, 6.07) is 16.7. The Bertz CT molecular complexity index is 1300.